The van der Waals surface area contributed by atoms with Crippen molar-refractivity contribution < 1.29 is 33.4 Å². The molecule has 2 fully saturated rings. The Morgan fingerprint density at radius 3 is 2.44 bits per heavy atom. The van der Waals surface area contributed by atoms with E-state index >= 15 is 0 Å². The Balaban J connectivity index is 1.29. The molecule has 1 saturated carbocycles. The van der Waals surface area contributed by atoms with E-state index in [0.29, 0.717) is 39.1 Å². The number of benzene rings is 1. The smallest absolute Gasteiger partial charge is 0.407 e. The number of nitrogens with one attached hydrogen (secondary N) is 3. The third-order valence-corrected chi connectivity index (χ3v) is 10.4. The number of nitrogens with zero attached hydrogens (tertiary/aromatic N) is 6. The Morgan fingerprint density at radius 2 is 1.78 bits per heavy atom. The number of ether oxygens (including phenoxy) is 2. The van der Waals surface area contributed by atoms with Crippen LogP contribution in [-0.4, -0.2) is 98.1 Å². The molecule has 16 nitrogen and oxygen atoms in total. The number of halogens is 1. The van der Waals surface area contributed by atoms with Crippen LogP contribution < -0.4 is 16.0 Å². The van der Waals surface area contributed by atoms with E-state index in [1.54, 1.807) is 56.3 Å². The molecule has 17 heteroatoms. The van der Waals surface area contributed by atoms with Crippen molar-refractivity contribution in [1.82, 2.24) is 40.3 Å². The maximum atomic E-state index is 14.4. The van der Waals surface area contributed by atoms with E-state index in [-0.39, 0.29) is 55.5 Å². The molecule has 284 valence electrons. The number of hydrogen-bond donors (Lipinski definition) is 3. The van der Waals surface area contributed by atoms with Crippen LogP contribution in [0.4, 0.5) is 10.6 Å². The number of pyridine rings is 1. The zero-order chi connectivity index (χ0) is 38.9. The SMILES string of the molecule is COCc1ccc(Br)nc1NC(=O)[C@@H]1C[C@@]2(CNC(=O)[C@@H](NC(=O)OC)C(C)C)C[C@H]2N1C(=O)Cn1nc(C(C)=O)c2cc(-c3cnc(C)nc3)ccc21. The van der Waals surface area contributed by atoms with Gasteiger partial charge in [0.1, 0.15) is 40.6 Å². The number of Topliss-reactive ketones (excluding diaryl/α,β-unsaturated/α-hetero) is 1. The molecule has 4 atom stereocenters. The molecule has 4 heterocycles. The summed E-state index contributed by atoms with van der Waals surface area (Å²) in [6, 6.07) is 6.86. The Morgan fingerprint density at radius 1 is 1.04 bits per heavy atom. The summed E-state index contributed by atoms with van der Waals surface area (Å²) in [6.45, 7) is 6.94. The van der Waals surface area contributed by atoms with Crippen molar-refractivity contribution in [2.45, 2.75) is 71.8 Å². The molecule has 1 saturated heterocycles. The summed E-state index contributed by atoms with van der Waals surface area (Å²) in [7, 11) is 2.76. The Kier molecular flexibility index (Phi) is 11.1. The predicted octanol–water partition coefficient (Wildman–Crippen LogP) is 3.80. The van der Waals surface area contributed by atoms with Crippen molar-refractivity contribution in [2.75, 3.05) is 26.1 Å². The molecule has 0 bridgehead atoms. The second-order valence-corrected chi connectivity index (χ2v) is 14.9. The van der Waals surface area contributed by atoms with E-state index in [1.807, 2.05) is 12.1 Å². The third kappa shape index (κ3) is 7.82. The predicted molar refractivity (Wildman–Crippen MR) is 200 cm³/mol. The Labute approximate surface area is 319 Å². The van der Waals surface area contributed by atoms with Gasteiger partial charge in [-0.2, -0.15) is 5.10 Å². The zero-order valence-electron chi connectivity index (χ0n) is 30.8. The number of ketones is 1. The first-order valence-electron chi connectivity index (χ1n) is 17.4. The van der Waals surface area contributed by atoms with Crippen molar-refractivity contribution in [2.24, 2.45) is 11.3 Å². The maximum absolute atomic E-state index is 14.4. The molecule has 0 spiro atoms. The number of rotatable bonds is 13. The number of amides is 4. The summed E-state index contributed by atoms with van der Waals surface area (Å²) >= 11 is 3.36. The second-order valence-electron chi connectivity index (χ2n) is 14.1. The lowest BCUT2D eigenvalue weighted by molar-refractivity contribution is -0.138. The summed E-state index contributed by atoms with van der Waals surface area (Å²) in [5, 5.41) is 13.6. The molecule has 1 aliphatic carbocycles. The summed E-state index contributed by atoms with van der Waals surface area (Å²) in [6.07, 6.45) is 3.49. The molecule has 6 rings (SSSR count). The number of anilines is 1. The van der Waals surface area contributed by atoms with Gasteiger partial charge in [0.05, 0.1) is 19.2 Å². The van der Waals surface area contributed by atoms with Gasteiger partial charge < -0.3 is 30.3 Å². The number of aryl methyl sites for hydroxylation is 1. The van der Waals surface area contributed by atoms with Crippen LogP contribution in [0.2, 0.25) is 0 Å². The highest BCUT2D eigenvalue weighted by Gasteiger charge is 2.67. The monoisotopic (exact) mass is 803 g/mol. The lowest BCUT2D eigenvalue weighted by Crippen LogP contribution is -2.50. The third-order valence-electron chi connectivity index (χ3n) is 10.0. The number of fused-ring (bicyclic) bond motifs is 2. The maximum Gasteiger partial charge on any atom is 0.407 e. The van der Waals surface area contributed by atoms with Crippen LogP contribution in [0.25, 0.3) is 22.0 Å². The topological polar surface area (TPSA) is 200 Å². The molecule has 3 N–H and O–H groups in total. The van der Waals surface area contributed by atoms with Crippen molar-refractivity contribution in [3.8, 4) is 11.1 Å². The van der Waals surface area contributed by atoms with Crippen LogP contribution in [0.3, 0.4) is 0 Å². The van der Waals surface area contributed by atoms with E-state index < -0.39 is 35.4 Å². The molecule has 4 aromatic rings. The number of carbonyl (C=O) groups is 5. The number of alkyl carbamates (subject to hydrolysis) is 1. The zero-order valence-corrected chi connectivity index (χ0v) is 32.4. The van der Waals surface area contributed by atoms with Crippen molar-refractivity contribution in [1.29, 1.82) is 0 Å². The van der Waals surface area contributed by atoms with E-state index in [4.69, 9.17) is 9.47 Å². The molecular weight excluding hydrogens is 762 g/mol. The molecule has 0 unspecified atom stereocenters. The van der Waals surface area contributed by atoms with Crippen LogP contribution in [0.5, 0.6) is 0 Å². The number of methoxy groups -OCH3 is 2. The highest BCUT2D eigenvalue weighted by Crippen LogP contribution is 2.59. The van der Waals surface area contributed by atoms with Gasteiger partial charge >= 0.3 is 6.09 Å². The van der Waals surface area contributed by atoms with Crippen LogP contribution >= 0.6 is 15.9 Å². The Bertz CT molecular complexity index is 2120. The van der Waals surface area contributed by atoms with E-state index in [1.165, 1.54) is 25.8 Å². The average Bonchev–Trinajstić information content (AvgIpc) is 3.56. The van der Waals surface area contributed by atoms with Crippen LogP contribution in [0.1, 0.15) is 55.5 Å². The molecule has 0 radical (unpaired) electrons. The summed E-state index contributed by atoms with van der Waals surface area (Å²) in [5.74, 6) is -0.816. The summed E-state index contributed by atoms with van der Waals surface area (Å²) in [5.41, 5.74) is 2.37. The molecule has 4 amide bonds. The average molecular weight is 805 g/mol. The minimum absolute atomic E-state index is 0.172. The standard InChI is InChI=1S/C37H42BrN9O7/c1-19(2)31(43-36(52)54-6)35(51)41-18-37-12-27(34(50)44-33-23(17-53-5)8-10-29(38)42-33)47(28(37)13-37)30(49)16-46-26-9-7-22(24-14-39-21(4)40-15-24)11-25(26)32(45-46)20(3)48/h7-11,14-15,19,27-28,31H,12-13,16-18H2,1-6H3,(H,41,51)(H,43,52)(H,42,44,50)/t27-,28+,31-,37-/m0/s1. The fraction of sp³-hybridized carbons (Fsp3) is 0.432. The van der Waals surface area contributed by atoms with Crippen LogP contribution in [-0.2, 0) is 37.0 Å². The van der Waals surface area contributed by atoms with Gasteiger partial charge in [0, 0.05) is 60.9 Å². The van der Waals surface area contributed by atoms with E-state index in [2.05, 4.69) is 51.9 Å². The lowest BCUT2D eigenvalue weighted by atomic mass is 9.98. The van der Waals surface area contributed by atoms with Gasteiger partial charge in [0.25, 0.3) is 0 Å². The van der Waals surface area contributed by atoms with E-state index in [0.717, 1.165) is 11.1 Å². The van der Waals surface area contributed by atoms with Gasteiger partial charge in [-0.25, -0.2) is 19.7 Å². The van der Waals surface area contributed by atoms with Crippen molar-refractivity contribution >= 4 is 62.2 Å². The fourth-order valence-corrected chi connectivity index (χ4v) is 7.41. The molecular formula is C37H42BrN9O7. The molecule has 3 aromatic heterocycles. The summed E-state index contributed by atoms with van der Waals surface area (Å²) in [4.78, 5) is 81.1. The number of carbonyl (C=O) groups excluding carboxylic acids is 5. The van der Waals surface area contributed by atoms with Crippen molar-refractivity contribution in [3.63, 3.8) is 0 Å². The van der Waals surface area contributed by atoms with Gasteiger partial charge in [0.2, 0.25) is 17.7 Å². The first-order chi connectivity index (χ1) is 25.7. The quantitative estimate of drug-likeness (QED) is 0.131. The molecule has 1 aliphatic heterocycles. The lowest BCUT2D eigenvalue weighted by Gasteiger charge is -2.27. The second kappa shape index (κ2) is 15.6. The molecule has 2 aliphatic rings. The van der Waals surface area contributed by atoms with Gasteiger partial charge in [0.15, 0.2) is 5.78 Å². The number of likely N-dealkylation sites (tertiary alicyclic amines) is 1. The number of aromatic nitrogens is 5. The number of hydrogen-bond acceptors (Lipinski definition) is 11. The largest absolute Gasteiger partial charge is 0.453 e. The molecule has 1 aromatic carbocycles. The first-order valence-corrected chi connectivity index (χ1v) is 18.2. The van der Waals surface area contributed by atoms with Gasteiger partial charge in [-0.15, -0.1) is 0 Å². The van der Waals surface area contributed by atoms with Crippen molar-refractivity contribution in [3.05, 3.63) is 64.4 Å². The van der Waals surface area contributed by atoms with Gasteiger partial charge in [-0.3, -0.25) is 23.9 Å². The minimum atomic E-state index is -0.916. The highest BCUT2D eigenvalue weighted by atomic mass is 79.9. The van der Waals surface area contributed by atoms with Gasteiger partial charge in [-0.05, 0) is 65.4 Å². The molecule has 54 heavy (non-hydrogen) atoms. The van der Waals surface area contributed by atoms with Gasteiger partial charge in [-0.1, -0.05) is 26.0 Å². The van der Waals surface area contributed by atoms with Crippen LogP contribution in [0.15, 0.2) is 47.3 Å². The number of piperidine rings is 1. The first kappa shape index (κ1) is 38.4. The highest BCUT2D eigenvalue weighted by molar-refractivity contribution is 9.10. The van der Waals surface area contributed by atoms with Crippen LogP contribution in [0, 0.1) is 18.3 Å². The Hall–Kier alpha value is -5.29. The minimum Gasteiger partial charge on any atom is -0.453 e. The van der Waals surface area contributed by atoms with E-state index in [9.17, 15) is 24.0 Å². The normalized spacial score (nSPS) is 19.3. The summed E-state index contributed by atoms with van der Waals surface area (Å²) < 4.78 is 12.0. The fourth-order valence-electron chi connectivity index (χ4n) is 7.10.